The SMILES string of the molecule is O=C(Nc1c[nH]c(=O)[nH]c1=O)c1c[nH]c(=O)n(Cc2ccc3c(c2)OCO3)c1=O. The Morgan fingerprint density at radius 1 is 1.07 bits per heavy atom. The standard InChI is InChI=1S/C17H13N5O7/c23-13(20-10-5-18-16(26)21-14(10)24)9-4-19-17(27)22(15(9)25)6-8-1-2-11-12(3-8)29-7-28-11/h1-5H,6-7H2,(H,19,27)(H,20,23)(H2,18,21,24,26). The summed E-state index contributed by atoms with van der Waals surface area (Å²) in [5, 5.41) is 2.21. The van der Waals surface area contributed by atoms with Crippen molar-refractivity contribution in [1.82, 2.24) is 19.5 Å². The van der Waals surface area contributed by atoms with E-state index < -0.39 is 34.0 Å². The van der Waals surface area contributed by atoms with Crippen LogP contribution in [0.4, 0.5) is 5.69 Å². The number of rotatable bonds is 4. The number of hydrogen-bond acceptors (Lipinski definition) is 7. The molecule has 0 saturated heterocycles. The Bertz CT molecular complexity index is 1350. The first-order chi connectivity index (χ1) is 13.9. The molecule has 12 heteroatoms. The van der Waals surface area contributed by atoms with Crippen LogP contribution in [0.3, 0.4) is 0 Å². The molecule has 2 aromatic heterocycles. The molecule has 0 bridgehead atoms. The summed E-state index contributed by atoms with van der Waals surface area (Å²) in [6.07, 6.45) is 1.95. The van der Waals surface area contributed by atoms with Gasteiger partial charge in [0.15, 0.2) is 11.5 Å². The topological polar surface area (TPSA) is 168 Å². The summed E-state index contributed by atoms with van der Waals surface area (Å²) < 4.78 is 11.3. The Hall–Kier alpha value is -4.35. The molecule has 3 heterocycles. The number of nitrogens with zero attached hydrogens (tertiary/aromatic N) is 1. The van der Waals surface area contributed by atoms with Gasteiger partial charge in [-0.3, -0.25) is 23.9 Å². The van der Waals surface area contributed by atoms with Crippen molar-refractivity contribution in [3.8, 4) is 11.5 Å². The summed E-state index contributed by atoms with van der Waals surface area (Å²) >= 11 is 0. The first-order valence-corrected chi connectivity index (χ1v) is 8.27. The number of ether oxygens (including phenoxy) is 2. The number of aromatic nitrogens is 4. The fourth-order valence-electron chi connectivity index (χ4n) is 2.73. The monoisotopic (exact) mass is 399 g/mol. The second kappa shape index (κ2) is 6.99. The van der Waals surface area contributed by atoms with Gasteiger partial charge in [-0.25, -0.2) is 9.59 Å². The van der Waals surface area contributed by atoms with Crippen LogP contribution in [0.2, 0.25) is 0 Å². The third-order valence-electron chi connectivity index (χ3n) is 4.15. The smallest absolute Gasteiger partial charge is 0.328 e. The average Bonchev–Trinajstić information content (AvgIpc) is 3.15. The number of aromatic amines is 3. The van der Waals surface area contributed by atoms with E-state index in [1.165, 1.54) is 0 Å². The first kappa shape index (κ1) is 18.0. The number of carbonyl (C=O) groups excluding carboxylic acids is 1. The minimum absolute atomic E-state index is 0.0822. The van der Waals surface area contributed by atoms with Crippen LogP contribution in [0.25, 0.3) is 0 Å². The molecular weight excluding hydrogens is 386 g/mol. The van der Waals surface area contributed by atoms with Gasteiger partial charge in [0.25, 0.3) is 17.0 Å². The van der Waals surface area contributed by atoms with Crippen LogP contribution in [0, 0.1) is 0 Å². The van der Waals surface area contributed by atoms with Crippen molar-refractivity contribution in [2.45, 2.75) is 6.54 Å². The van der Waals surface area contributed by atoms with Gasteiger partial charge < -0.3 is 24.8 Å². The molecule has 3 aromatic rings. The van der Waals surface area contributed by atoms with Crippen molar-refractivity contribution >= 4 is 11.6 Å². The largest absolute Gasteiger partial charge is 0.454 e. The molecule has 4 rings (SSSR count). The van der Waals surface area contributed by atoms with Gasteiger partial charge in [-0.1, -0.05) is 6.07 Å². The molecule has 0 saturated carbocycles. The Labute approximate surface area is 159 Å². The van der Waals surface area contributed by atoms with Crippen molar-refractivity contribution in [2.24, 2.45) is 0 Å². The highest BCUT2D eigenvalue weighted by Crippen LogP contribution is 2.32. The lowest BCUT2D eigenvalue weighted by atomic mass is 10.2. The van der Waals surface area contributed by atoms with Gasteiger partial charge >= 0.3 is 11.4 Å². The van der Waals surface area contributed by atoms with Gasteiger partial charge in [0.1, 0.15) is 11.3 Å². The highest BCUT2D eigenvalue weighted by atomic mass is 16.7. The summed E-state index contributed by atoms with van der Waals surface area (Å²) in [5.41, 5.74) is -3.24. The number of hydrogen-bond donors (Lipinski definition) is 4. The third-order valence-corrected chi connectivity index (χ3v) is 4.15. The van der Waals surface area contributed by atoms with E-state index in [1.807, 2.05) is 4.98 Å². The Kier molecular flexibility index (Phi) is 4.35. The normalized spacial score (nSPS) is 12.0. The van der Waals surface area contributed by atoms with E-state index in [2.05, 4.69) is 15.3 Å². The van der Waals surface area contributed by atoms with E-state index in [0.717, 1.165) is 17.0 Å². The maximum atomic E-state index is 12.7. The van der Waals surface area contributed by atoms with E-state index >= 15 is 0 Å². The van der Waals surface area contributed by atoms with Crippen molar-refractivity contribution < 1.29 is 14.3 Å². The number of carbonyl (C=O) groups is 1. The van der Waals surface area contributed by atoms with Crippen LogP contribution in [-0.4, -0.2) is 32.2 Å². The highest BCUT2D eigenvalue weighted by Gasteiger charge is 2.18. The van der Waals surface area contributed by atoms with E-state index in [1.54, 1.807) is 18.2 Å². The zero-order valence-electron chi connectivity index (χ0n) is 14.6. The summed E-state index contributed by atoms with van der Waals surface area (Å²) in [7, 11) is 0. The van der Waals surface area contributed by atoms with Crippen molar-refractivity contribution in [3.63, 3.8) is 0 Å². The molecule has 148 valence electrons. The summed E-state index contributed by atoms with van der Waals surface area (Å²) in [4.78, 5) is 66.4. The van der Waals surface area contributed by atoms with Crippen LogP contribution in [0.15, 0.2) is 49.8 Å². The van der Waals surface area contributed by atoms with Crippen molar-refractivity contribution in [1.29, 1.82) is 0 Å². The minimum Gasteiger partial charge on any atom is -0.454 e. The van der Waals surface area contributed by atoms with Gasteiger partial charge in [0.05, 0.1) is 6.54 Å². The quantitative estimate of drug-likeness (QED) is 0.434. The molecule has 1 aromatic carbocycles. The molecule has 0 radical (unpaired) electrons. The van der Waals surface area contributed by atoms with Gasteiger partial charge in [0.2, 0.25) is 6.79 Å². The summed E-state index contributed by atoms with van der Waals surface area (Å²) in [6.45, 7) is -0.0377. The van der Waals surface area contributed by atoms with Gasteiger partial charge in [0, 0.05) is 12.4 Å². The molecule has 0 spiro atoms. The first-order valence-electron chi connectivity index (χ1n) is 8.27. The van der Waals surface area contributed by atoms with Crippen LogP contribution >= 0.6 is 0 Å². The van der Waals surface area contributed by atoms with Crippen LogP contribution in [-0.2, 0) is 6.54 Å². The highest BCUT2D eigenvalue weighted by molar-refractivity contribution is 6.03. The maximum Gasteiger partial charge on any atom is 0.328 e. The predicted molar refractivity (Wildman–Crippen MR) is 98.6 cm³/mol. The molecule has 0 atom stereocenters. The molecule has 1 aliphatic heterocycles. The molecule has 4 N–H and O–H groups in total. The predicted octanol–water partition coefficient (Wildman–Crippen LogP) is -1.06. The molecule has 0 aliphatic carbocycles. The fourth-order valence-corrected chi connectivity index (χ4v) is 2.73. The lowest BCUT2D eigenvalue weighted by Gasteiger charge is -2.08. The zero-order valence-corrected chi connectivity index (χ0v) is 14.6. The number of fused-ring (bicyclic) bond motifs is 1. The van der Waals surface area contributed by atoms with Crippen LogP contribution in [0.5, 0.6) is 11.5 Å². The summed E-state index contributed by atoms with van der Waals surface area (Å²) in [6, 6.07) is 4.93. The van der Waals surface area contributed by atoms with Crippen LogP contribution < -0.4 is 37.3 Å². The average molecular weight is 399 g/mol. The lowest BCUT2D eigenvalue weighted by molar-refractivity contribution is 0.102. The van der Waals surface area contributed by atoms with Gasteiger partial charge in [-0.05, 0) is 17.7 Å². The molecule has 0 unspecified atom stereocenters. The Morgan fingerprint density at radius 3 is 2.66 bits per heavy atom. The van der Waals surface area contributed by atoms with E-state index in [0.29, 0.717) is 17.1 Å². The minimum atomic E-state index is -0.928. The number of amides is 1. The van der Waals surface area contributed by atoms with Crippen LogP contribution in [0.1, 0.15) is 15.9 Å². The van der Waals surface area contributed by atoms with Crippen molar-refractivity contribution in [2.75, 3.05) is 12.1 Å². The van der Waals surface area contributed by atoms with E-state index in [4.69, 9.17) is 9.47 Å². The van der Waals surface area contributed by atoms with Gasteiger partial charge in [-0.15, -0.1) is 0 Å². The number of anilines is 1. The fraction of sp³-hybridized carbons (Fsp3) is 0.118. The molecule has 1 amide bonds. The molecule has 1 aliphatic rings. The maximum absolute atomic E-state index is 12.7. The lowest BCUT2D eigenvalue weighted by Crippen LogP contribution is -2.39. The number of benzene rings is 1. The van der Waals surface area contributed by atoms with Crippen molar-refractivity contribution in [3.05, 3.63) is 83.4 Å². The molecule has 12 nitrogen and oxygen atoms in total. The number of H-pyrrole nitrogens is 3. The Balaban J connectivity index is 1.65. The molecule has 0 fully saturated rings. The third kappa shape index (κ3) is 3.45. The van der Waals surface area contributed by atoms with E-state index in [-0.39, 0.29) is 19.0 Å². The Morgan fingerprint density at radius 2 is 1.86 bits per heavy atom. The summed E-state index contributed by atoms with van der Waals surface area (Å²) in [5.74, 6) is 0.107. The second-order valence-electron chi connectivity index (χ2n) is 6.03. The number of nitrogens with one attached hydrogen (secondary N) is 4. The molecule has 29 heavy (non-hydrogen) atoms. The zero-order chi connectivity index (χ0) is 20.5. The molecular formula is C17H13N5O7. The second-order valence-corrected chi connectivity index (χ2v) is 6.03. The van der Waals surface area contributed by atoms with Gasteiger partial charge in [-0.2, -0.15) is 0 Å². The van der Waals surface area contributed by atoms with E-state index in [9.17, 15) is 24.0 Å².